The molecule has 0 aliphatic heterocycles. The minimum atomic E-state index is -2.84. The molecule has 2 atom stereocenters. The maximum absolute atomic E-state index is 12.3. The van der Waals surface area contributed by atoms with Gasteiger partial charge in [-0.25, -0.2) is 0 Å². The highest BCUT2D eigenvalue weighted by atomic mass is 79.9. The third-order valence-corrected chi connectivity index (χ3v) is 4.02. The summed E-state index contributed by atoms with van der Waals surface area (Å²) in [5.41, 5.74) is 0.657. The zero-order chi connectivity index (χ0) is 15.1. The van der Waals surface area contributed by atoms with Gasteiger partial charge in [-0.15, -0.1) is 0 Å². The maximum atomic E-state index is 12.3. The molecule has 0 radical (unpaired) electrons. The second-order valence-electron chi connectivity index (χ2n) is 4.48. The molecule has 2 unspecified atom stereocenters. The summed E-state index contributed by atoms with van der Waals surface area (Å²) in [4.78, 5) is 0. The number of hydrogen-bond acceptors (Lipinski definition) is 3. The van der Waals surface area contributed by atoms with E-state index in [9.17, 15) is 13.0 Å². The maximum Gasteiger partial charge on any atom is 0.387 e. The van der Waals surface area contributed by atoms with Crippen molar-refractivity contribution in [1.29, 1.82) is 0 Å². The van der Waals surface area contributed by atoms with E-state index in [4.69, 9.17) is 0 Å². The van der Waals surface area contributed by atoms with Gasteiger partial charge in [0, 0.05) is 45.4 Å². The van der Waals surface area contributed by atoms with Crippen molar-refractivity contribution in [3.8, 4) is 5.75 Å². The number of halogens is 3. The first-order valence-electron chi connectivity index (χ1n) is 6.15. The van der Waals surface area contributed by atoms with E-state index >= 15 is 0 Å². The van der Waals surface area contributed by atoms with Crippen LogP contribution in [0.2, 0.25) is 0 Å². The van der Waals surface area contributed by atoms with E-state index in [1.54, 1.807) is 18.4 Å². The SMILES string of the molecule is CC(CCS(C)=O)NCc1cc(Br)ccc1OC(F)F. The lowest BCUT2D eigenvalue weighted by Gasteiger charge is -2.16. The molecule has 1 aromatic rings. The third-order valence-electron chi connectivity index (χ3n) is 2.72. The average Bonchev–Trinajstić information content (AvgIpc) is 2.36. The Balaban J connectivity index is 2.61. The van der Waals surface area contributed by atoms with Gasteiger partial charge in [0.05, 0.1) is 0 Å². The van der Waals surface area contributed by atoms with Crippen LogP contribution in [0.4, 0.5) is 8.78 Å². The molecule has 0 aromatic heterocycles. The van der Waals surface area contributed by atoms with E-state index in [2.05, 4.69) is 26.0 Å². The summed E-state index contributed by atoms with van der Waals surface area (Å²) < 4.78 is 41.0. The van der Waals surface area contributed by atoms with Crippen molar-refractivity contribution in [2.24, 2.45) is 0 Å². The van der Waals surface area contributed by atoms with E-state index in [1.807, 2.05) is 6.92 Å². The first kappa shape index (κ1) is 17.5. The van der Waals surface area contributed by atoms with Gasteiger partial charge in [-0.3, -0.25) is 4.21 Å². The number of benzene rings is 1. The van der Waals surface area contributed by atoms with Crippen LogP contribution < -0.4 is 10.1 Å². The highest BCUT2D eigenvalue weighted by molar-refractivity contribution is 9.10. The molecule has 0 fully saturated rings. The molecule has 0 spiro atoms. The Labute approximate surface area is 128 Å². The van der Waals surface area contributed by atoms with Gasteiger partial charge < -0.3 is 10.1 Å². The lowest BCUT2D eigenvalue weighted by Crippen LogP contribution is -2.27. The van der Waals surface area contributed by atoms with Crippen molar-refractivity contribution in [3.05, 3.63) is 28.2 Å². The first-order chi connectivity index (χ1) is 9.38. The van der Waals surface area contributed by atoms with Crippen LogP contribution in [0.3, 0.4) is 0 Å². The number of alkyl halides is 2. The molecule has 0 saturated heterocycles. The minimum Gasteiger partial charge on any atom is -0.434 e. The van der Waals surface area contributed by atoms with Gasteiger partial charge in [0.15, 0.2) is 0 Å². The van der Waals surface area contributed by atoms with Gasteiger partial charge in [-0.1, -0.05) is 15.9 Å². The summed E-state index contributed by atoms with van der Waals surface area (Å²) in [7, 11) is -0.821. The van der Waals surface area contributed by atoms with Crippen LogP contribution in [0, 0.1) is 0 Å². The minimum absolute atomic E-state index is 0.150. The van der Waals surface area contributed by atoms with Crippen molar-refractivity contribution < 1.29 is 17.7 Å². The van der Waals surface area contributed by atoms with Gasteiger partial charge in [0.25, 0.3) is 0 Å². The van der Waals surface area contributed by atoms with Crippen molar-refractivity contribution >= 4 is 26.7 Å². The van der Waals surface area contributed by atoms with E-state index in [-0.39, 0.29) is 11.8 Å². The lowest BCUT2D eigenvalue weighted by molar-refractivity contribution is -0.0505. The molecule has 0 aliphatic rings. The van der Waals surface area contributed by atoms with E-state index in [0.717, 1.165) is 10.9 Å². The standard InChI is InChI=1S/C13H18BrF2NO2S/c1-9(5-6-20(2)18)17-8-10-7-11(14)3-4-12(10)19-13(15)16/h3-4,7,9,13,17H,5-6,8H2,1-2H3. The van der Waals surface area contributed by atoms with Crippen molar-refractivity contribution in [2.75, 3.05) is 12.0 Å². The van der Waals surface area contributed by atoms with Crippen LogP contribution in [0.5, 0.6) is 5.75 Å². The second-order valence-corrected chi connectivity index (χ2v) is 6.95. The Morgan fingerprint density at radius 3 is 2.75 bits per heavy atom. The molecule has 7 heteroatoms. The number of rotatable bonds is 8. The fourth-order valence-corrected chi connectivity index (χ4v) is 2.72. The van der Waals surface area contributed by atoms with Crippen LogP contribution in [-0.2, 0) is 17.3 Å². The summed E-state index contributed by atoms with van der Waals surface area (Å²) in [6.07, 6.45) is 2.43. The Hall–Kier alpha value is -0.530. The zero-order valence-electron chi connectivity index (χ0n) is 11.4. The van der Waals surface area contributed by atoms with Crippen molar-refractivity contribution in [3.63, 3.8) is 0 Å². The second kappa shape index (κ2) is 8.69. The van der Waals surface area contributed by atoms with Crippen LogP contribution in [0.25, 0.3) is 0 Å². The summed E-state index contributed by atoms with van der Waals surface area (Å²) in [6, 6.07) is 5.07. The van der Waals surface area contributed by atoms with Crippen LogP contribution in [0.15, 0.2) is 22.7 Å². The predicted octanol–water partition coefficient (Wildman–Crippen LogP) is 3.30. The third kappa shape index (κ3) is 6.76. The molecule has 1 aromatic carbocycles. The van der Waals surface area contributed by atoms with Crippen LogP contribution >= 0.6 is 15.9 Å². The molecular weight excluding hydrogens is 352 g/mol. The zero-order valence-corrected chi connectivity index (χ0v) is 13.8. The quantitative estimate of drug-likeness (QED) is 0.763. The topological polar surface area (TPSA) is 38.3 Å². The Kier molecular flexibility index (Phi) is 7.61. The highest BCUT2D eigenvalue weighted by Crippen LogP contribution is 2.24. The molecule has 0 aliphatic carbocycles. The smallest absolute Gasteiger partial charge is 0.387 e. The van der Waals surface area contributed by atoms with Crippen LogP contribution in [0.1, 0.15) is 18.9 Å². The fraction of sp³-hybridized carbons (Fsp3) is 0.538. The first-order valence-corrected chi connectivity index (χ1v) is 8.67. The molecule has 0 amide bonds. The monoisotopic (exact) mass is 369 g/mol. The summed E-state index contributed by atoms with van der Waals surface area (Å²) in [5.74, 6) is 0.787. The van der Waals surface area contributed by atoms with Gasteiger partial charge in [0.2, 0.25) is 0 Å². The molecule has 114 valence electrons. The molecule has 1 N–H and O–H groups in total. The molecule has 0 heterocycles. The lowest BCUT2D eigenvalue weighted by atomic mass is 10.2. The average molecular weight is 370 g/mol. The molecule has 3 nitrogen and oxygen atoms in total. The highest BCUT2D eigenvalue weighted by Gasteiger charge is 2.11. The predicted molar refractivity (Wildman–Crippen MR) is 80.6 cm³/mol. The van der Waals surface area contributed by atoms with Crippen molar-refractivity contribution in [2.45, 2.75) is 32.5 Å². The number of hydrogen-bond donors (Lipinski definition) is 1. The van der Waals surface area contributed by atoms with E-state index < -0.39 is 17.4 Å². The fourth-order valence-electron chi connectivity index (χ4n) is 1.63. The molecule has 0 bridgehead atoms. The number of ether oxygens (including phenoxy) is 1. The normalized spacial score (nSPS) is 14.3. The largest absolute Gasteiger partial charge is 0.434 e. The summed E-state index contributed by atoms with van der Waals surface area (Å²) in [6.45, 7) is -0.452. The Bertz CT molecular complexity index is 460. The molecular formula is C13H18BrF2NO2S. The van der Waals surface area contributed by atoms with Gasteiger partial charge in [0.1, 0.15) is 5.75 Å². The van der Waals surface area contributed by atoms with Gasteiger partial charge in [-0.2, -0.15) is 8.78 Å². The summed E-state index contributed by atoms with van der Waals surface area (Å²) >= 11 is 3.31. The molecule has 1 rings (SSSR count). The molecule has 0 saturated carbocycles. The van der Waals surface area contributed by atoms with Gasteiger partial charge >= 0.3 is 6.61 Å². The van der Waals surface area contributed by atoms with E-state index in [1.165, 1.54) is 6.07 Å². The Morgan fingerprint density at radius 2 is 2.15 bits per heavy atom. The summed E-state index contributed by atoms with van der Waals surface area (Å²) in [5, 5.41) is 3.21. The van der Waals surface area contributed by atoms with E-state index in [0.29, 0.717) is 17.9 Å². The van der Waals surface area contributed by atoms with Crippen LogP contribution in [-0.4, -0.2) is 28.9 Å². The molecule has 20 heavy (non-hydrogen) atoms. The Morgan fingerprint density at radius 1 is 1.45 bits per heavy atom. The van der Waals surface area contributed by atoms with Gasteiger partial charge in [-0.05, 0) is 31.5 Å². The van der Waals surface area contributed by atoms with Crippen molar-refractivity contribution in [1.82, 2.24) is 5.32 Å². The number of nitrogens with one attached hydrogen (secondary N) is 1.